The summed E-state index contributed by atoms with van der Waals surface area (Å²) in [5, 5.41) is 4.05. The van der Waals surface area contributed by atoms with Gasteiger partial charge < -0.3 is 24.5 Å². The third-order valence-corrected chi connectivity index (χ3v) is 8.89. The smallest absolute Gasteiger partial charge is 0.232 e. The van der Waals surface area contributed by atoms with Crippen molar-refractivity contribution in [3.8, 4) is 22.8 Å². The van der Waals surface area contributed by atoms with Crippen LogP contribution in [0.4, 0.5) is 14.5 Å². The number of ether oxygens (including phenoxy) is 1. The lowest BCUT2D eigenvalue weighted by molar-refractivity contribution is 0.0991. The highest BCUT2D eigenvalue weighted by Crippen LogP contribution is 2.39. The molecule has 1 saturated heterocycles. The number of nitrogens with one attached hydrogen (secondary N) is 2. The van der Waals surface area contributed by atoms with E-state index in [1.54, 1.807) is 24.5 Å². The Morgan fingerprint density at radius 1 is 0.979 bits per heavy atom. The number of carbonyl (C=O) groups excluding carboxylic acids is 1. The third kappa shape index (κ3) is 5.42. The van der Waals surface area contributed by atoms with E-state index in [0.717, 1.165) is 37.1 Å². The van der Waals surface area contributed by atoms with Crippen LogP contribution < -0.4 is 20.4 Å². The van der Waals surface area contributed by atoms with Gasteiger partial charge in [0.2, 0.25) is 5.88 Å². The van der Waals surface area contributed by atoms with Crippen LogP contribution in [0.2, 0.25) is 0 Å². The summed E-state index contributed by atoms with van der Waals surface area (Å²) < 4.78 is 38.7. The maximum Gasteiger partial charge on any atom is 0.232 e. The minimum absolute atomic E-state index is 0.0382. The molecule has 0 spiro atoms. The number of ketones is 1. The maximum atomic E-state index is 15.4. The van der Waals surface area contributed by atoms with Crippen LogP contribution in [-0.2, 0) is 6.42 Å². The Labute approximate surface area is 267 Å². The number of carbonyl (C=O) groups is 1. The van der Waals surface area contributed by atoms with Gasteiger partial charge in [-0.15, -0.1) is 0 Å². The number of hydrogen-bond donors (Lipinski definition) is 2. The van der Waals surface area contributed by atoms with E-state index >= 15 is 8.78 Å². The Balaban J connectivity index is 1.08. The Bertz CT molecular complexity index is 2220. The first-order valence-electron chi connectivity index (χ1n) is 15.7. The molecule has 3 aromatic heterocycles. The summed E-state index contributed by atoms with van der Waals surface area (Å²) in [5.74, 6) is -1.53. The van der Waals surface area contributed by atoms with Gasteiger partial charge in [0.25, 0.3) is 0 Å². The molecule has 47 heavy (non-hydrogen) atoms. The highest BCUT2D eigenvalue weighted by molar-refractivity contribution is 6.00. The highest BCUT2D eigenvalue weighted by atomic mass is 19.1. The van der Waals surface area contributed by atoms with Gasteiger partial charge in [0, 0.05) is 62.0 Å². The first kappa shape index (κ1) is 29.0. The zero-order valence-electron chi connectivity index (χ0n) is 25.3. The molecule has 236 valence electrons. The second kappa shape index (κ2) is 11.7. The first-order chi connectivity index (χ1) is 22.9. The normalized spacial score (nSPS) is 15.0. The SMILES string of the molecule is O=C(Cc1ccc(Oc2ncnc3[nH]cc(-c4ccccc4)c23)c(F)c1)c1cn(C2CC2)c2cc(N3CCNCC3)c(F)cc2c1=O. The maximum absolute atomic E-state index is 15.4. The van der Waals surface area contributed by atoms with E-state index < -0.39 is 22.8 Å². The summed E-state index contributed by atoms with van der Waals surface area (Å²) in [5.41, 5.74) is 3.16. The average molecular weight is 633 g/mol. The van der Waals surface area contributed by atoms with Crippen molar-refractivity contribution in [2.45, 2.75) is 25.3 Å². The predicted octanol–water partition coefficient (Wildman–Crippen LogP) is 6.18. The molecule has 6 aromatic rings. The van der Waals surface area contributed by atoms with Gasteiger partial charge in [0.05, 0.1) is 22.2 Å². The fraction of sp³-hybridized carbons (Fsp3) is 0.222. The van der Waals surface area contributed by atoms with Crippen LogP contribution in [0.15, 0.2) is 84.2 Å². The number of hydrogen-bond acceptors (Lipinski definition) is 7. The van der Waals surface area contributed by atoms with Crippen molar-refractivity contribution in [1.82, 2.24) is 24.8 Å². The summed E-state index contributed by atoms with van der Waals surface area (Å²) in [6.45, 7) is 2.83. The monoisotopic (exact) mass is 632 g/mol. The number of pyridine rings is 1. The second-order valence-corrected chi connectivity index (χ2v) is 12.0. The number of fused-ring (bicyclic) bond motifs is 2. The lowest BCUT2D eigenvalue weighted by atomic mass is 10.0. The van der Waals surface area contributed by atoms with E-state index in [2.05, 4.69) is 20.3 Å². The molecule has 0 amide bonds. The molecule has 1 aliphatic carbocycles. The van der Waals surface area contributed by atoms with Crippen molar-refractivity contribution in [1.29, 1.82) is 0 Å². The fourth-order valence-electron chi connectivity index (χ4n) is 6.34. The van der Waals surface area contributed by atoms with Crippen molar-refractivity contribution in [2.75, 3.05) is 31.1 Å². The number of anilines is 1. The van der Waals surface area contributed by atoms with E-state index in [1.807, 2.05) is 39.8 Å². The number of piperazine rings is 1. The minimum atomic E-state index is -0.685. The Kier molecular flexibility index (Phi) is 7.25. The number of aromatic amines is 1. The molecule has 2 N–H and O–H groups in total. The van der Waals surface area contributed by atoms with Crippen molar-refractivity contribution < 1.29 is 18.3 Å². The average Bonchev–Trinajstić information content (AvgIpc) is 3.84. The third-order valence-electron chi connectivity index (χ3n) is 8.89. The standard InChI is InChI=1S/C36H30F2N6O3/c37-27-16-24-29(17-30(27)43-12-10-39-11-13-43)44(23-7-8-23)19-26(34(24)46)31(45)15-21-6-9-32(28(38)14-21)47-36-33-25(22-4-2-1-3-5-22)18-40-35(33)41-20-42-36/h1-6,9,14,16-20,23,39H,7-8,10-13,15H2,(H,40,41,42). The topological polar surface area (TPSA) is 105 Å². The largest absolute Gasteiger partial charge is 0.435 e. The Morgan fingerprint density at radius 3 is 2.55 bits per heavy atom. The number of rotatable bonds is 8. The summed E-state index contributed by atoms with van der Waals surface area (Å²) in [7, 11) is 0. The van der Waals surface area contributed by atoms with Crippen LogP contribution in [0.5, 0.6) is 11.6 Å². The van der Waals surface area contributed by atoms with Crippen LogP contribution in [0, 0.1) is 11.6 Å². The molecule has 9 nitrogen and oxygen atoms in total. The van der Waals surface area contributed by atoms with E-state index in [0.29, 0.717) is 40.9 Å². The molecular weight excluding hydrogens is 602 g/mol. The summed E-state index contributed by atoms with van der Waals surface area (Å²) >= 11 is 0. The van der Waals surface area contributed by atoms with E-state index in [4.69, 9.17) is 4.74 Å². The summed E-state index contributed by atoms with van der Waals surface area (Å²) in [6, 6.07) is 17.0. The van der Waals surface area contributed by atoms with Gasteiger partial charge >= 0.3 is 0 Å². The van der Waals surface area contributed by atoms with Crippen LogP contribution in [-0.4, -0.2) is 51.5 Å². The highest BCUT2D eigenvalue weighted by Gasteiger charge is 2.28. The number of nitrogens with zero attached hydrogens (tertiary/aromatic N) is 4. The lowest BCUT2D eigenvalue weighted by Crippen LogP contribution is -2.43. The lowest BCUT2D eigenvalue weighted by Gasteiger charge is -2.30. The number of halogens is 2. The molecule has 2 fully saturated rings. The van der Waals surface area contributed by atoms with E-state index in [1.165, 1.54) is 24.5 Å². The molecule has 1 aliphatic heterocycles. The zero-order valence-corrected chi connectivity index (χ0v) is 25.3. The van der Waals surface area contributed by atoms with Crippen LogP contribution in [0.1, 0.15) is 34.8 Å². The predicted molar refractivity (Wildman–Crippen MR) is 175 cm³/mol. The van der Waals surface area contributed by atoms with Crippen molar-refractivity contribution >= 4 is 33.4 Å². The Morgan fingerprint density at radius 2 is 1.79 bits per heavy atom. The van der Waals surface area contributed by atoms with Crippen LogP contribution in [0.25, 0.3) is 33.1 Å². The molecule has 1 saturated carbocycles. The van der Waals surface area contributed by atoms with Gasteiger partial charge in [-0.3, -0.25) is 9.59 Å². The molecule has 8 rings (SSSR count). The first-order valence-corrected chi connectivity index (χ1v) is 15.7. The van der Waals surface area contributed by atoms with E-state index in [-0.39, 0.29) is 35.0 Å². The van der Waals surface area contributed by atoms with Gasteiger partial charge in [-0.1, -0.05) is 36.4 Å². The molecule has 0 atom stereocenters. The number of H-pyrrole nitrogens is 1. The molecule has 0 unspecified atom stereocenters. The van der Waals surface area contributed by atoms with Crippen molar-refractivity contribution in [2.24, 2.45) is 0 Å². The number of aromatic nitrogens is 4. The molecule has 11 heteroatoms. The second-order valence-electron chi connectivity index (χ2n) is 12.0. The number of Topliss-reactive ketones (excluding diaryl/α,β-unsaturated/α-hetero) is 1. The number of benzene rings is 3. The molecule has 0 bridgehead atoms. The van der Waals surface area contributed by atoms with Crippen LogP contribution >= 0.6 is 0 Å². The summed E-state index contributed by atoms with van der Waals surface area (Å²) in [6.07, 6.45) is 6.34. The molecular formula is C36H30F2N6O3. The molecule has 3 aromatic carbocycles. The van der Waals surface area contributed by atoms with Crippen molar-refractivity contribution in [3.05, 3.63) is 112 Å². The van der Waals surface area contributed by atoms with Crippen molar-refractivity contribution in [3.63, 3.8) is 0 Å². The van der Waals surface area contributed by atoms with E-state index in [9.17, 15) is 9.59 Å². The summed E-state index contributed by atoms with van der Waals surface area (Å²) in [4.78, 5) is 40.8. The molecule has 2 aliphatic rings. The molecule has 4 heterocycles. The quantitative estimate of drug-likeness (QED) is 0.193. The fourth-order valence-corrected chi connectivity index (χ4v) is 6.34. The van der Waals surface area contributed by atoms with Crippen LogP contribution in [0.3, 0.4) is 0 Å². The van der Waals surface area contributed by atoms with Gasteiger partial charge in [-0.2, -0.15) is 0 Å². The van der Waals surface area contributed by atoms with Gasteiger partial charge in [0.1, 0.15) is 17.8 Å². The molecule has 0 radical (unpaired) electrons. The van der Waals surface area contributed by atoms with Gasteiger partial charge in [-0.05, 0) is 48.2 Å². The van der Waals surface area contributed by atoms with Gasteiger partial charge in [-0.25, -0.2) is 18.7 Å². The zero-order chi connectivity index (χ0) is 32.1. The minimum Gasteiger partial charge on any atom is -0.435 e. The Hall–Kier alpha value is -5.42. The van der Waals surface area contributed by atoms with Gasteiger partial charge in [0.15, 0.2) is 22.8 Å².